The topological polar surface area (TPSA) is 84.2 Å². The Morgan fingerprint density at radius 2 is 2.05 bits per heavy atom. The smallest absolute Gasteiger partial charge is 0.323 e. The molecule has 2 rings (SSSR count). The monoisotopic (exact) mass is 307 g/mol. The van der Waals surface area contributed by atoms with Gasteiger partial charge in [-0.2, -0.15) is 0 Å². The lowest BCUT2D eigenvalue weighted by Crippen LogP contribution is -2.28. The van der Waals surface area contributed by atoms with E-state index >= 15 is 0 Å². The van der Waals surface area contributed by atoms with E-state index in [4.69, 9.17) is 16.7 Å². The largest absolute Gasteiger partial charge is 0.480 e. The number of rotatable bonds is 6. The van der Waals surface area contributed by atoms with E-state index in [0.717, 1.165) is 16.6 Å². The summed E-state index contributed by atoms with van der Waals surface area (Å²) < 4.78 is 0.960. The van der Waals surface area contributed by atoms with Crippen molar-refractivity contribution in [2.45, 2.75) is 13.0 Å². The number of aliphatic carboxylic acids is 1. The minimum Gasteiger partial charge on any atom is -0.480 e. The van der Waals surface area contributed by atoms with E-state index in [1.54, 1.807) is 0 Å². The summed E-state index contributed by atoms with van der Waals surface area (Å²) in [6.45, 7) is 0.0223. The summed E-state index contributed by atoms with van der Waals surface area (Å²) in [6.07, 6.45) is 1.99. The minimum absolute atomic E-state index is 0.00370. The third-order valence-corrected chi connectivity index (χ3v) is 3.15. The Hall–Kier alpha value is -2.34. The highest BCUT2D eigenvalue weighted by atomic mass is 35.5. The van der Waals surface area contributed by atoms with Crippen molar-refractivity contribution in [2.75, 3.05) is 11.9 Å². The van der Waals surface area contributed by atoms with Crippen LogP contribution >= 0.6 is 11.6 Å². The van der Waals surface area contributed by atoms with Crippen molar-refractivity contribution >= 4 is 23.4 Å². The normalized spacial score (nSPS) is 10.3. The lowest BCUT2D eigenvalue weighted by atomic mass is 10.1. The molecular formula is C14H14ClN3O3. The molecule has 0 saturated heterocycles. The maximum Gasteiger partial charge on any atom is 0.323 e. The highest BCUT2D eigenvalue weighted by Gasteiger charge is 2.11. The predicted octanol–water partition coefficient (Wildman–Crippen LogP) is 1.64. The van der Waals surface area contributed by atoms with Crippen LogP contribution in [0.3, 0.4) is 0 Å². The van der Waals surface area contributed by atoms with Gasteiger partial charge in [0, 0.05) is 6.54 Å². The van der Waals surface area contributed by atoms with Crippen LogP contribution in [0.5, 0.6) is 0 Å². The fourth-order valence-corrected chi connectivity index (χ4v) is 2.03. The Kier molecular flexibility index (Phi) is 4.94. The molecule has 0 unspecified atom stereocenters. The van der Waals surface area contributed by atoms with Crippen LogP contribution in [0.1, 0.15) is 5.56 Å². The predicted molar refractivity (Wildman–Crippen MR) is 79.8 cm³/mol. The van der Waals surface area contributed by atoms with Crippen LogP contribution in [-0.4, -0.2) is 27.2 Å². The van der Waals surface area contributed by atoms with Crippen molar-refractivity contribution in [1.29, 1.82) is 0 Å². The van der Waals surface area contributed by atoms with E-state index < -0.39 is 18.1 Å². The van der Waals surface area contributed by atoms with Crippen LogP contribution in [0.4, 0.5) is 5.82 Å². The summed E-state index contributed by atoms with van der Waals surface area (Å²) >= 11 is 5.78. The van der Waals surface area contributed by atoms with Crippen molar-refractivity contribution in [3.05, 3.63) is 57.6 Å². The number of hydrogen-bond acceptors (Lipinski definition) is 4. The average molecular weight is 308 g/mol. The standard InChI is InChI=1S/C14H14ClN3O3/c15-11-8-17-13(14(21)18(11)9-12(19)20)16-7-6-10-4-2-1-3-5-10/h1-5,8H,6-7,9H2,(H,16,17)(H,19,20). The molecular weight excluding hydrogens is 294 g/mol. The summed E-state index contributed by atoms with van der Waals surface area (Å²) in [7, 11) is 0. The fourth-order valence-electron chi connectivity index (χ4n) is 1.84. The quantitative estimate of drug-likeness (QED) is 0.847. The van der Waals surface area contributed by atoms with Gasteiger partial charge in [0.05, 0.1) is 6.20 Å². The average Bonchev–Trinajstić information content (AvgIpc) is 2.47. The second-order valence-electron chi connectivity index (χ2n) is 4.38. The lowest BCUT2D eigenvalue weighted by Gasteiger charge is -2.09. The number of benzene rings is 1. The molecule has 0 saturated carbocycles. The number of anilines is 1. The Labute approximate surface area is 126 Å². The van der Waals surface area contributed by atoms with Crippen LogP contribution in [0.15, 0.2) is 41.3 Å². The third kappa shape index (κ3) is 4.06. The molecule has 0 spiro atoms. The van der Waals surface area contributed by atoms with Crippen molar-refractivity contribution in [3.63, 3.8) is 0 Å². The van der Waals surface area contributed by atoms with E-state index in [1.807, 2.05) is 30.3 Å². The van der Waals surface area contributed by atoms with Gasteiger partial charge in [-0.05, 0) is 12.0 Å². The molecule has 0 aliphatic carbocycles. The van der Waals surface area contributed by atoms with E-state index in [-0.39, 0.29) is 11.0 Å². The maximum atomic E-state index is 12.1. The molecule has 7 heteroatoms. The molecule has 0 bridgehead atoms. The van der Waals surface area contributed by atoms with Crippen molar-refractivity contribution in [2.24, 2.45) is 0 Å². The van der Waals surface area contributed by atoms with E-state index in [9.17, 15) is 9.59 Å². The molecule has 6 nitrogen and oxygen atoms in total. The van der Waals surface area contributed by atoms with E-state index in [0.29, 0.717) is 6.54 Å². The van der Waals surface area contributed by atoms with E-state index in [1.165, 1.54) is 6.20 Å². The Balaban J connectivity index is 2.07. The molecule has 0 fully saturated rings. The van der Waals surface area contributed by atoms with Crippen molar-refractivity contribution in [3.8, 4) is 0 Å². The number of nitrogens with one attached hydrogen (secondary N) is 1. The molecule has 0 aliphatic rings. The summed E-state index contributed by atoms with van der Waals surface area (Å²) in [5, 5.41) is 11.7. The lowest BCUT2D eigenvalue weighted by molar-refractivity contribution is -0.137. The number of carboxylic acids is 1. The van der Waals surface area contributed by atoms with Gasteiger partial charge in [0.1, 0.15) is 11.7 Å². The van der Waals surface area contributed by atoms with Crippen molar-refractivity contribution in [1.82, 2.24) is 9.55 Å². The van der Waals surface area contributed by atoms with Gasteiger partial charge >= 0.3 is 5.97 Å². The third-order valence-electron chi connectivity index (χ3n) is 2.85. The zero-order valence-corrected chi connectivity index (χ0v) is 11.9. The first-order valence-electron chi connectivity index (χ1n) is 6.33. The molecule has 2 N–H and O–H groups in total. The molecule has 1 heterocycles. The van der Waals surface area contributed by atoms with Crippen molar-refractivity contribution < 1.29 is 9.90 Å². The van der Waals surface area contributed by atoms with Gasteiger partial charge in [0.15, 0.2) is 5.82 Å². The Morgan fingerprint density at radius 3 is 2.71 bits per heavy atom. The summed E-state index contributed by atoms with van der Waals surface area (Å²) in [5.74, 6) is -1.04. The van der Waals surface area contributed by atoms with Crippen LogP contribution in [0, 0.1) is 0 Å². The SMILES string of the molecule is O=C(O)Cn1c(Cl)cnc(NCCc2ccccc2)c1=O. The minimum atomic E-state index is -1.14. The number of carboxylic acid groups (broad SMARTS) is 1. The molecule has 0 radical (unpaired) electrons. The van der Waals surface area contributed by atoms with Gasteiger partial charge in [-0.15, -0.1) is 0 Å². The number of carbonyl (C=O) groups is 1. The molecule has 2 aromatic rings. The van der Waals surface area contributed by atoms with E-state index in [2.05, 4.69) is 10.3 Å². The fraction of sp³-hybridized carbons (Fsp3) is 0.214. The van der Waals surface area contributed by atoms with Crippen LogP contribution in [0.2, 0.25) is 5.15 Å². The van der Waals surface area contributed by atoms with Gasteiger partial charge in [-0.1, -0.05) is 41.9 Å². The number of halogens is 1. The molecule has 1 aromatic carbocycles. The number of aromatic nitrogens is 2. The van der Waals surface area contributed by atoms with Gasteiger partial charge < -0.3 is 10.4 Å². The summed E-state index contributed by atoms with van der Waals surface area (Å²) in [5.41, 5.74) is 0.586. The second kappa shape index (κ2) is 6.90. The first kappa shape index (κ1) is 15.1. The first-order chi connectivity index (χ1) is 10.1. The number of nitrogens with zero attached hydrogens (tertiary/aromatic N) is 2. The molecule has 0 aliphatic heterocycles. The number of hydrogen-bond donors (Lipinski definition) is 2. The van der Waals surface area contributed by atoms with Crippen LogP contribution in [0.25, 0.3) is 0 Å². The van der Waals surface area contributed by atoms with Gasteiger partial charge in [0.25, 0.3) is 5.56 Å². The molecule has 110 valence electrons. The highest BCUT2D eigenvalue weighted by molar-refractivity contribution is 6.29. The zero-order valence-electron chi connectivity index (χ0n) is 11.1. The van der Waals surface area contributed by atoms with Gasteiger partial charge in [-0.3, -0.25) is 14.2 Å². The molecule has 0 amide bonds. The Morgan fingerprint density at radius 1 is 1.33 bits per heavy atom. The molecule has 1 aromatic heterocycles. The van der Waals surface area contributed by atoms with Crippen LogP contribution < -0.4 is 10.9 Å². The maximum absolute atomic E-state index is 12.1. The first-order valence-corrected chi connectivity index (χ1v) is 6.70. The Bertz CT molecular complexity index is 686. The summed E-state index contributed by atoms with van der Waals surface area (Å²) in [6, 6.07) is 9.78. The highest BCUT2D eigenvalue weighted by Crippen LogP contribution is 2.06. The molecule has 21 heavy (non-hydrogen) atoms. The summed E-state index contributed by atoms with van der Waals surface area (Å²) in [4.78, 5) is 26.7. The zero-order chi connectivity index (χ0) is 15.2. The second-order valence-corrected chi connectivity index (χ2v) is 4.76. The molecule has 0 atom stereocenters. The van der Waals surface area contributed by atoms with Crippen LogP contribution in [-0.2, 0) is 17.8 Å². The van der Waals surface area contributed by atoms with Gasteiger partial charge in [0.2, 0.25) is 0 Å². The van der Waals surface area contributed by atoms with Gasteiger partial charge in [-0.25, -0.2) is 4.98 Å².